The molecule has 1 N–H and O–H groups in total. The molecule has 0 aliphatic heterocycles. The molecule has 5 heteroatoms. The van der Waals surface area contributed by atoms with E-state index in [4.69, 9.17) is 4.42 Å². The molecule has 1 amide bonds. The van der Waals surface area contributed by atoms with Crippen LogP contribution >= 0.6 is 11.8 Å². The molecule has 0 fully saturated rings. The zero-order chi connectivity index (χ0) is 14.5. The maximum atomic E-state index is 12.0. The third kappa shape index (κ3) is 3.87. The van der Waals surface area contributed by atoms with Gasteiger partial charge >= 0.3 is 0 Å². The van der Waals surface area contributed by atoms with E-state index in [9.17, 15) is 4.79 Å². The maximum Gasteiger partial charge on any atom is 0.256 e. The summed E-state index contributed by atoms with van der Waals surface area (Å²) in [5.74, 6) is 0.775. The number of nitrogens with one attached hydrogen (secondary N) is 1. The van der Waals surface area contributed by atoms with E-state index >= 15 is 0 Å². The van der Waals surface area contributed by atoms with Crippen LogP contribution in [0.15, 0.2) is 40.0 Å². The predicted octanol–water partition coefficient (Wildman–Crippen LogP) is 3.09. The van der Waals surface area contributed by atoms with Crippen LogP contribution in [-0.2, 0) is 11.3 Å². The van der Waals surface area contributed by atoms with Crippen molar-refractivity contribution in [3.63, 3.8) is 0 Å². The summed E-state index contributed by atoms with van der Waals surface area (Å²) < 4.78 is 5.47. The Morgan fingerprint density at radius 2 is 2.05 bits per heavy atom. The lowest BCUT2D eigenvalue weighted by Gasteiger charge is -2.10. The van der Waals surface area contributed by atoms with Gasteiger partial charge in [-0.1, -0.05) is 42.1 Å². The highest BCUT2D eigenvalue weighted by atomic mass is 32.2. The number of rotatable bonds is 5. The number of hydrogen-bond donors (Lipinski definition) is 1. The molecule has 1 unspecified atom stereocenters. The first-order valence-corrected chi connectivity index (χ1v) is 7.36. The fraction of sp³-hybridized carbons (Fsp3) is 0.333. The Kier molecular flexibility index (Phi) is 4.84. The summed E-state index contributed by atoms with van der Waals surface area (Å²) in [7, 11) is 0. The number of aromatic nitrogens is 1. The number of nitrogens with zero attached hydrogens (tertiary/aromatic N) is 1. The van der Waals surface area contributed by atoms with Gasteiger partial charge in [0.15, 0.2) is 0 Å². The van der Waals surface area contributed by atoms with Crippen LogP contribution in [0.1, 0.15) is 23.9 Å². The van der Waals surface area contributed by atoms with Gasteiger partial charge in [-0.3, -0.25) is 4.79 Å². The molecule has 106 valence electrons. The maximum absolute atomic E-state index is 12.0. The molecule has 1 heterocycles. The number of thioether (sulfide) groups is 1. The highest BCUT2D eigenvalue weighted by molar-refractivity contribution is 8.00. The number of hydrogen-bond acceptors (Lipinski definition) is 4. The Labute approximate surface area is 123 Å². The van der Waals surface area contributed by atoms with Crippen molar-refractivity contribution in [2.24, 2.45) is 0 Å². The lowest BCUT2D eigenvalue weighted by Crippen LogP contribution is -2.30. The monoisotopic (exact) mass is 290 g/mol. The van der Waals surface area contributed by atoms with Crippen molar-refractivity contribution in [1.82, 2.24) is 10.3 Å². The molecule has 0 radical (unpaired) electrons. The van der Waals surface area contributed by atoms with E-state index in [-0.39, 0.29) is 11.2 Å². The molecule has 1 aromatic carbocycles. The Balaban J connectivity index is 1.86. The number of carbonyl (C=O) groups excluding carboxylic acids is 1. The van der Waals surface area contributed by atoms with Gasteiger partial charge in [-0.25, -0.2) is 4.98 Å². The fourth-order valence-corrected chi connectivity index (χ4v) is 2.48. The van der Waals surface area contributed by atoms with Gasteiger partial charge in [-0.05, 0) is 26.3 Å². The summed E-state index contributed by atoms with van der Waals surface area (Å²) >= 11 is 1.33. The lowest BCUT2D eigenvalue weighted by atomic mass is 10.2. The molecule has 0 bridgehead atoms. The highest BCUT2D eigenvalue weighted by Crippen LogP contribution is 2.24. The van der Waals surface area contributed by atoms with Crippen molar-refractivity contribution in [3.05, 3.63) is 47.3 Å². The van der Waals surface area contributed by atoms with Gasteiger partial charge < -0.3 is 9.73 Å². The second kappa shape index (κ2) is 6.61. The summed E-state index contributed by atoms with van der Waals surface area (Å²) in [6.07, 6.45) is 0. The Hall–Kier alpha value is -1.75. The first kappa shape index (κ1) is 14.7. The summed E-state index contributed by atoms with van der Waals surface area (Å²) in [5.41, 5.74) is 1.95. The van der Waals surface area contributed by atoms with E-state index in [1.807, 2.05) is 51.1 Å². The Bertz CT molecular complexity index is 561. The van der Waals surface area contributed by atoms with Crippen LogP contribution in [0.5, 0.6) is 0 Å². The SMILES string of the molecule is Cc1nc(SC(C)C(=O)NCc2ccccc2)oc1C. The Morgan fingerprint density at radius 3 is 2.65 bits per heavy atom. The number of oxazole rings is 1. The van der Waals surface area contributed by atoms with Crippen molar-refractivity contribution >= 4 is 17.7 Å². The molecule has 0 saturated carbocycles. The van der Waals surface area contributed by atoms with Crippen LogP contribution in [0.2, 0.25) is 0 Å². The number of amides is 1. The van der Waals surface area contributed by atoms with E-state index in [0.717, 1.165) is 17.0 Å². The van der Waals surface area contributed by atoms with Gasteiger partial charge in [-0.15, -0.1) is 0 Å². The minimum absolute atomic E-state index is 0.0210. The zero-order valence-corrected chi connectivity index (χ0v) is 12.7. The van der Waals surface area contributed by atoms with E-state index in [1.165, 1.54) is 11.8 Å². The van der Waals surface area contributed by atoms with Gasteiger partial charge in [0.05, 0.1) is 10.9 Å². The van der Waals surface area contributed by atoms with Gasteiger partial charge in [0.1, 0.15) is 5.76 Å². The van der Waals surface area contributed by atoms with Gasteiger partial charge in [0, 0.05) is 6.54 Å². The minimum Gasteiger partial charge on any atom is -0.437 e. The lowest BCUT2D eigenvalue weighted by molar-refractivity contribution is -0.120. The van der Waals surface area contributed by atoms with E-state index in [2.05, 4.69) is 10.3 Å². The van der Waals surface area contributed by atoms with Crippen molar-refractivity contribution in [1.29, 1.82) is 0 Å². The molecule has 0 aliphatic carbocycles. The average Bonchev–Trinajstić information content (AvgIpc) is 2.75. The quantitative estimate of drug-likeness (QED) is 0.860. The molecule has 4 nitrogen and oxygen atoms in total. The highest BCUT2D eigenvalue weighted by Gasteiger charge is 2.17. The topological polar surface area (TPSA) is 55.1 Å². The van der Waals surface area contributed by atoms with Gasteiger partial charge in [-0.2, -0.15) is 0 Å². The number of carbonyl (C=O) groups is 1. The van der Waals surface area contributed by atoms with Crippen molar-refractivity contribution in [3.8, 4) is 0 Å². The largest absolute Gasteiger partial charge is 0.437 e. The summed E-state index contributed by atoms with van der Waals surface area (Å²) in [6.45, 7) is 6.14. The van der Waals surface area contributed by atoms with Crippen molar-refractivity contribution < 1.29 is 9.21 Å². The normalized spacial score (nSPS) is 12.2. The van der Waals surface area contributed by atoms with Gasteiger partial charge in [0.2, 0.25) is 5.91 Å². The average molecular weight is 290 g/mol. The number of aryl methyl sites for hydroxylation is 2. The van der Waals surface area contributed by atoms with Crippen LogP contribution in [0.4, 0.5) is 0 Å². The minimum atomic E-state index is -0.240. The molecule has 2 aromatic rings. The zero-order valence-electron chi connectivity index (χ0n) is 11.8. The molecule has 0 saturated heterocycles. The molecule has 20 heavy (non-hydrogen) atoms. The third-order valence-corrected chi connectivity index (χ3v) is 3.91. The van der Waals surface area contributed by atoms with Crippen LogP contribution in [0.25, 0.3) is 0 Å². The smallest absolute Gasteiger partial charge is 0.256 e. The molecule has 0 spiro atoms. The molecular formula is C15H18N2O2S. The van der Waals surface area contributed by atoms with Crippen molar-refractivity contribution in [2.45, 2.75) is 37.8 Å². The summed E-state index contributed by atoms with van der Waals surface area (Å²) in [4.78, 5) is 16.3. The second-order valence-corrected chi connectivity index (χ2v) is 5.88. The van der Waals surface area contributed by atoms with Gasteiger partial charge in [0.25, 0.3) is 5.22 Å². The summed E-state index contributed by atoms with van der Waals surface area (Å²) in [5, 5.41) is 3.22. The van der Waals surface area contributed by atoms with Crippen LogP contribution in [0.3, 0.4) is 0 Å². The van der Waals surface area contributed by atoms with E-state index in [1.54, 1.807) is 0 Å². The van der Waals surface area contributed by atoms with Crippen LogP contribution in [0, 0.1) is 13.8 Å². The van der Waals surface area contributed by atoms with Crippen molar-refractivity contribution in [2.75, 3.05) is 0 Å². The van der Waals surface area contributed by atoms with Crippen LogP contribution < -0.4 is 5.32 Å². The van der Waals surface area contributed by atoms with E-state index in [0.29, 0.717) is 11.8 Å². The molecule has 0 aliphatic rings. The molecule has 2 rings (SSSR count). The second-order valence-electron chi connectivity index (χ2n) is 4.58. The first-order valence-electron chi connectivity index (χ1n) is 6.48. The van der Waals surface area contributed by atoms with Crippen LogP contribution in [-0.4, -0.2) is 16.1 Å². The predicted molar refractivity (Wildman–Crippen MR) is 79.6 cm³/mol. The fourth-order valence-electron chi connectivity index (χ4n) is 1.63. The Morgan fingerprint density at radius 1 is 1.35 bits per heavy atom. The standard InChI is InChI=1S/C15H18N2O2S/c1-10-11(2)19-15(17-10)20-12(3)14(18)16-9-13-7-5-4-6-8-13/h4-8,12H,9H2,1-3H3,(H,16,18). The first-order chi connectivity index (χ1) is 9.56. The third-order valence-electron chi connectivity index (χ3n) is 2.97. The number of benzene rings is 1. The molecule has 1 aromatic heterocycles. The molecular weight excluding hydrogens is 272 g/mol. The summed E-state index contributed by atoms with van der Waals surface area (Å²) in [6, 6.07) is 9.84. The van der Waals surface area contributed by atoms with E-state index < -0.39 is 0 Å². The molecule has 1 atom stereocenters.